The van der Waals surface area contributed by atoms with Gasteiger partial charge >= 0.3 is 0 Å². The van der Waals surface area contributed by atoms with Gasteiger partial charge in [0.1, 0.15) is 6.04 Å². The standard InChI is InChI=1S/C19H20Cl2N4O3S/c1-11(23-17(27)13-5-2-6-14(20)15(13)21)18(28)25-8-3-4-12(10-25)16(26)24-19-22-7-9-29-19/h2,5-7,9,11-12H,3-4,8,10H2,1H3,(H,23,27)(H,22,24,26). The van der Waals surface area contributed by atoms with Crippen molar-refractivity contribution in [3.05, 3.63) is 45.4 Å². The number of hydrogen-bond donors (Lipinski definition) is 2. The molecule has 0 aliphatic carbocycles. The molecule has 3 amide bonds. The van der Waals surface area contributed by atoms with Crippen LogP contribution in [0.2, 0.25) is 10.0 Å². The number of carbonyl (C=O) groups is 3. The molecule has 0 radical (unpaired) electrons. The summed E-state index contributed by atoms with van der Waals surface area (Å²) in [4.78, 5) is 43.4. The van der Waals surface area contributed by atoms with E-state index in [2.05, 4.69) is 15.6 Å². The fraction of sp³-hybridized carbons (Fsp3) is 0.368. The van der Waals surface area contributed by atoms with E-state index >= 15 is 0 Å². The van der Waals surface area contributed by atoms with Gasteiger partial charge in [0, 0.05) is 24.7 Å². The lowest BCUT2D eigenvalue weighted by atomic mass is 9.96. The van der Waals surface area contributed by atoms with E-state index in [9.17, 15) is 14.4 Å². The minimum atomic E-state index is -0.765. The molecule has 0 spiro atoms. The minimum absolute atomic E-state index is 0.142. The average molecular weight is 455 g/mol. The Labute approximate surface area is 182 Å². The smallest absolute Gasteiger partial charge is 0.253 e. The zero-order valence-electron chi connectivity index (χ0n) is 15.7. The van der Waals surface area contributed by atoms with Crippen molar-refractivity contribution in [2.24, 2.45) is 5.92 Å². The van der Waals surface area contributed by atoms with Crippen LogP contribution in [0.25, 0.3) is 0 Å². The highest BCUT2D eigenvalue weighted by Gasteiger charge is 2.31. The number of hydrogen-bond acceptors (Lipinski definition) is 5. The molecule has 0 bridgehead atoms. The highest BCUT2D eigenvalue weighted by molar-refractivity contribution is 7.13. The molecule has 1 fully saturated rings. The predicted octanol–water partition coefficient (Wildman–Crippen LogP) is 3.45. The van der Waals surface area contributed by atoms with Gasteiger partial charge in [-0.05, 0) is 31.9 Å². The molecule has 1 aliphatic rings. The van der Waals surface area contributed by atoms with Gasteiger partial charge in [0.25, 0.3) is 5.91 Å². The maximum absolute atomic E-state index is 12.8. The van der Waals surface area contributed by atoms with Crippen LogP contribution in [-0.4, -0.2) is 46.7 Å². The normalized spacial score (nSPS) is 17.5. The first-order valence-electron chi connectivity index (χ1n) is 9.11. The van der Waals surface area contributed by atoms with Gasteiger partial charge in [-0.1, -0.05) is 29.3 Å². The number of carbonyl (C=O) groups excluding carboxylic acids is 3. The van der Waals surface area contributed by atoms with Crippen LogP contribution >= 0.6 is 34.5 Å². The molecule has 2 unspecified atom stereocenters. The number of piperidine rings is 1. The van der Waals surface area contributed by atoms with Gasteiger partial charge in [-0.3, -0.25) is 14.4 Å². The Bertz CT molecular complexity index is 907. The molecule has 2 aromatic rings. The van der Waals surface area contributed by atoms with Crippen LogP contribution in [0.3, 0.4) is 0 Å². The van der Waals surface area contributed by atoms with E-state index in [0.29, 0.717) is 31.1 Å². The Hall–Kier alpha value is -2.16. The first kappa shape index (κ1) is 21.5. The average Bonchev–Trinajstić information content (AvgIpc) is 3.22. The van der Waals surface area contributed by atoms with Crippen molar-refractivity contribution in [2.45, 2.75) is 25.8 Å². The number of halogens is 2. The van der Waals surface area contributed by atoms with Crippen molar-refractivity contribution in [1.29, 1.82) is 0 Å². The maximum Gasteiger partial charge on any atom is 0.253 e. The molecule has 0 saturated carbocycles. The zero-order valence-corrected chi connectivity index (χ0v) is 18.0. The van der Waals surface area contributed by atoms with Gasteiger partial charge in [0.05, 0.1) is 21.5 Å². The zero-order chi connectivity index (χ0) is 21.0. The van der Waals surface area contributed by atoms with Gasteiger partial charge < -0.3 is 15.5 Å². The molecule has 7 nitrogen and oxygen atoms in total. The molecule has 3 rings (SSSR count). The van der Waals surface area contributed by atoms with Crippen molar-refractivity contribution < 1.29 is 14.4 Å². The first-order valence-corrected chi connectivity index (χ1v) is 10.7. The molecular formula is C19H20Cl2N4O3S. The molecular weight excluding hydrogens is 435 g/mol. The molecule has 29 heavy (non-hydrogen) atoms. The summed E-state index contributed by atoms with van der Waals surface area (Å²) in [6.45, 7) is 2.45. The van der Waals surface area contributed by atoms with Crippen molar-refractivity contribution >= 4 is 57.4 Å². The van der Waals surface area contributed by atoms with E-state index in [1.54, 1.807) is 41.6 Å². The third kappa shape index (κ3) is 5.26. The Morgan fingerprint density at radius 2 is 2.10 bits per heavy atom. The van der Waals surface area contributed by atoms with E-state index < -0.39 is 11.9 Å². The van der Waals surface area contributed by atoms with Gasteiger partial charge in [0.15, 0.2) is 5.13 Å². The maximum atomic E-state index is 12.8. The number of amides is 3. The first-order chi connectivity index (χ1) is 13.9. The lowest BCUT2D eigenvalue weighted by Crippen LogP contribution is -2.51. The summed E-state index contributed by atoms with van der Waals surface area (Å²) in [5.41, 5.74) is 0.207. The number of anilines is 1. The second kappa shape index (κ2) is 9.56. The summed E-state index contributed by atoms with van der Waals surface area (Å²) in [7, 11) is 0. The summed E-state index contributed by atoms with van der Waals surface area (Å²) >= 11 is 13.4. The van der Waals surface area contributed by atoms with Crippen molar-refractivity contribution in [3.8, 4) is 0 Å². The van der Waals surface area contributed by atoms with Gasteiger partial charge in [-0.15, -0.1) is 11.3 Å². The third-order valence-electron chi connectivity index (χ3n) is 4.68. The van der Waals surface area contributed by atoms with E-state index in [1.807, 2.05) is 0 Å². The largest absolute Gasteiger partial charge is 0.340 e. The van der Waals surface area contributed by atoms with Gasteiger partial charge in [0.2, 0.25) is 11.8 Å². The lowest BCUT2D eigenvalue weighted by molar-refractivity contribution is -0.136. The number of benzene rings is 1. The summed E-state index contributed by atoms with van der Waals surface area (Å²) in [6.07, 6.45) is 3.02. The number of nitrogens with one attached hydrogen (secondary N) is 2. The summed E-state index contributed by atoms with van der Waals surface area (Å²) in [5, 5.41) is 8.17. The van der Waals surface area contributed by atoms with Gasteiger partial charge in [-0.2, -0.15) is 0 Å². The molecule has 10 heteroatoms. The van der Waals surface area contributed by atoms with Crippen LogP contribution in [0.1, 0.15) is 30.1 Å². The van der Waals surface area contributed by atoms with Crippen LogP contribution in [-0.2, 0) is 9.59 Å². The van der Waals surface area contributed by atoms with Crippen LogP contribution in [0.5, 0.6) is 0 Å². The predicted molar refractivity (Wildman–Crippen MR) is 113 cm³/mol. The Balaban J connectivity index is 1.59. The van der Waals surface area contributed by atoms with Crippen molar-refractivity contribution in [3.63, 3.8) is 0 Å². The monoisotopic (exact) mass is 454 g/mol. The number of thiazole rings is 1. The number of likely N-dealkylation sites (tertiary alicyclic amines) is 1. The van der Waals surface area contributed by atoms with Crippen molar-refractivity contribution in [1.82, 2.24) is 15.2 Å². The van der Waals surface area contributed by atoms with Gasteiger partial charge in [-0.25, -0.2) is 4.98 Å². The molecule has 2 N–H and O–H groups in total. The summed E-state index contributed by atoms with van der Waals surface area (Å²) in [5.74, 6) is -1.20. The quantitative estimate of drug-likeness (QED) is 0.723. The van der Waals surface area contributed by atoms with E-state index in [-0.39, 0.29) is 33.3 Å². The summed E-state index contributed by atoms with van der Waals surface area (Å²) in [6, 6.07) is 3.98. The molecule has 2 atom stereocenters. The second-order valence-corrected chi connectivity index (χ2v) is 8.43. The molecule has 1 aliphatic heterocycles. The van der Waals surface area contributed by atoms with E-state index in [0.717, 1.165) is 0 Å². The highest BCUT2D eigenvalue weighted by atomic mass is 35.5. The fourth-order valence-electron chi connectivity index (χ4n) is 3.17. The van der Waals surface area contributed by atoms with Crippen molar-refractivity contribution in [2.75, 3.05) is 18.4 Å². The lowest BCUT2D eigenvalue weighted by Gasteiger charge is -2.33. The number of nitrogens with zero attached hydrogens (tertiary/aromatic N) is 2. The Morgan fingerprint density at radius 1 is 1.31 bits per heavy atom. The van der Waals surface area contributed by atoms with Crippen LogP contribution in [0.4, 0.5) is 5.13 Å². The van der Waals surface area contributed by atoms with E-state index in [1.165, 1.54) is 11.3 Å². The number of aromatic nitrogens is 1. The SMILES string of the molecule is CC(NC(=O)c1cccc(Cl)c1Cl)C(=O)N1CCCC(C(=O)Nc2nccs2)C1. The van der Waals surface area contributed by atoms with Crippen LogP contribution in [0.15, 0.2) is 29.8 Å². The summed E-state index contributed by atoms with van der Waals surface area (Å²) < 4.78 is 0. The Kier molecular flexibility index (Phi) is 7.10. The third-order valence-corrected chi connectivity index (χ3v) is 6.19. The number of rotatable bonds is 5. The fourth-order valence-corrected chi connectivity index (χ4v) is 4.09. The topological polar surface area (TPSA) is 91.4 Å². The highest BCUT2D eigenvalue weighted by Crippen LogP contribution is 2.25. The van der Waals surface area contributed by atoms with E-state index in [4.69, 9.17) is 23.2 Å². The molecule has 154 valence electrons. The molecule has 1 aromatic heterocycles. The Morgan fingerprint density at radius 3 is 2.83 bits per heavy atom. The molecule has 2 heterocycles. The minimum Gasteiger partial charge on any atom is -0.340 e. The molecule has 1 saturated heterocycles. The van der Waals surface area contributed by atoms with Crippen LogP contribution in [0, 0.1) is 5.92 Å². The molecule has 1 aromatic carbocycles. The second-order valence-electron chi connectivity index (χ2n) is 6.75. The van der Waals surface area contributed by atoms with Crippen LogP contribution < -0.4 is 10.6 Å².